The highest BCUT2D eigenvalue weighted by Gasteiger charge is 2.25. The molecule has 0 fully saturated rings. The Kier molecular flexibility index (Phi) is 5.63. The summed E-state index contributed by atoms with van der Waals surface area (Å²) >= 11 is 5.85. The number of hydrogen-bond donors (Lipinski definition) is 1. The molecule has 136 valence electrons. The summed E-state index contributed by atoms with van der Waals surface area (Å²) < 4.78 is 11.1. The summed E-state index contributed by atoms with van der Waals surface area (Å²) in [5.41, 5.74) is 1.24. The lowest BCUT2D eigenvalue weighted by Gasteiger charge is -2.29. The van der Waals surface area contributed by atoms with E-state index in [4.69, 9.17) is 21.1 Å². The summed E-state index contributed by atoms with van der Waals surface area (Å²) in [4.78, 5) is 25.5. The maximum atomic E-state index is 12.3. The number of amides is 2. The fourth-order valence-corrected chi connectivity index (χ4v) is 2.69. The number of hydrogen-bond acceptors (Lipinski definition) is 4. The number of benzene rings is 2. The Morgan fingerprint density at radius 1 is 1.27 bits per heavy atom. The molecule has 1 heterocycles. The van der Waals surface area contributed by atoms with Gasteiger partial charge in [-0.05, 0) is 42.5 Å². The number of carbonyl (C=O) groups excluding carboxylic acids is 2. The third kappa shape index (κ3) is 4.26. The minimum Gasteiger partial charge on any atom is -0.492 e. The quantitative estimate of drug-likeness (QED) is 0.840. The molecule has 0 spiro atoms. The van der Waals surface area contributed by atoms with Crippen LogP contribution in [0.4, 0.5) is 11.4 Å². The van der Waals surface area contributed by atoms with Gasteiger partial charge in [0.05, 0.1) is 12.2 Å². The third-order valence-corrected chi connectivity index (χ3v) is 4.16. The molecule has 26 heavy (non-hydrogen) atoms. The number of ether oxygens (including phenoxy) is 2. The molecule has 3 rings (SSSR count). The topological polar surface area (TPSA) is 67.9 Å². The molecular weight excluding hydrogens is 356 g/mol. The number of carbonyl (C=O) groups is 2. The van der Waals surface area contributed by atoms with Gasteiger partial charge in [-0.1, -0.05) is 18.5 Å². The molecule has 0 aromatic heterocycles. The molecule has 0 bridgehead atoms. The molecular formula is C19H19ClN2O4. The van der Waals surface area contributed by atoms with Crippen LogP contribution < -0.4 is 19.7 Å². The van der Waals surface area contributed by atoms with Crippen LogP contribution in [0.1, 0.15) is 13.3 Å². The van der Waals surface area contributed by atoms with Gasteiger partial charge in [0.15, 0.2) is 6.61 Å². The van der Waals surface area contributed by atoms with E-state index in [1.807, 2.05) is 0 Å². The molecule has 0 aliphatic carbocycles. The molecule has 1 aliphatic rings. The van der Waals surface area contributed by atoms with Crippen molar-refractivity contribution in [2.75, 3.05) is 30.0 Å². The average Bonchev–Trinajstić information content (AvgIpc) is 2.65. The molecule has 0 saturated heterocycles. The zero-order valence-corrected chi connectivity index (χ0v) is 15.1. The number of fused-ring (bicyclic) bond motifs is 1. The number of halogens is 1. The number of rotatable bonds is 6. The average molecular weight is 375 g/mol. The smallest absolute Gasteiger partial charge is 0.265 e. The van der Waals surface area contributed by atoms with E-state index in [0.29, 0.717) is 47.5 Å². The standard InChI is InChI=1S/C19H19ClN2O4/c1-2-18(23)21-14-5-8-17-16(11-14)22(19(24)12-26-17)9-10-25-15-6-3-13(20)4-7-15/h3-8,11H,2,9-10,12H2,1H3,(H,21,23). The molecule has 2 aromatic carbocycles. The van der Waals surface area contributed by atoms with Crippen molar-refractivity contribution < 1.29 is 19.1 Å². The largest absolute Gasteiger partial charge is 0.492 e. The van der Waals surface area contributed by atoms with Crippen LogP contribution in [0, 0.1) is 0 Å². The summed E-state index contributed by atoms with van der Waals surface area (Å²) in [6.07, 6.45) is 0.380. The van der Waals surface area contributed by atoms with E-state index in [9.17, 15) is 9.59 Å². The first-order valence-electron chi connectivity index (χ1n) is 8.32. The molecule has 2 amide bonds. The van der Waals surface area contributed by atoms with Crippen molar-refractivity contribution in [3.05, 3.63) is 47.5 Å². The van der Waals surface area contributed by atoms with Crippen molar-refractivity contribution in [3.8, 4) is 11.5 Å². The second-order valence-electron chi connectivity index (χ2n) is 5.72. The first kappa shape index (κ1) is 18.1. The van der Waals surface area contributed by atoms with Crippen LogP contribution >= 0.6 is 11.6 Å². The fourth-order valence-electron chi connectivity index (χ4n) is 2.56. The van der Waals surface area contributed by atoms with Crippen LogP contribution in [-0.4, -0.2) is 31.6 Å². The van der Waals surface area contributed by atoms with Crippen LogP contribution in [-0.2, 0) is 9.59 Å². The lowest BCUT2D eigenvalue weighted by atomic mass is 10.2. The van der Waals surface area contributed by atoms with Crippen LogP contribution in [0.5, 0.6) is 11.5 Å². The molecule has 1 aliphatic heterocycles. The first-order chi connectivity index (χ1) is 12.6. The van der Waals surface area contributed by atoms with Crippen molar-refractivity contribution in [2.45, 2.75) is 13.3 Å². The molecule has 0 atom stereocenters. The van der Waals surface area contributed by atoms with Gasteiger partial charge in [-0.2, -0.15) is 0 Å². The predicted octanol–water partition coefficient (Wildman–Crippen LogP) is 3.49. The van der Waals surface area contributed by atoms with E-state index < -0.39 is 0 Å². The highest BCUT2D eigenvalue weighted by atomic mass is 35.5. The summed E-state index contributed by atoms with van der Waals surface area (Å²) in [6.45, 7) is 2.44. The summed E-state index contributed by atoms with van der Waals surface area (Å²) in [5.74, 6) is 1.03. The van der Waals surface area contributed by atoms with Crippen LogP contribution in [0.25, 0.3) is 0 Å². The fraction of sp³-hybridized carbons (Fsp3) is 0.263. The second kappa shape index (κ2) is 8.10. The third-order valence-electron chi connectivity index (χ3n) is 3.90. The van der Waals surface area contributed by atoms with Gasteiger partial charge in [0.1, 0.15) is 18.1 Å². The SMILES string of the molecule is CCC(=O)Nc1ccc2c(c1)N(CCOc1ccc(Cl)cc1)C(=O)CO2. The Hall–Kier alpha value is -2.73. The Morgan fingerprint density at radius 2 is 2.04 bits per heavy atom. The van der Waals surface area contributed by atoms with Gasteiger partial charge in [0, 0.05) is 17.1 Å². The van der Waals surface area contributed by atoms with E-state index in [-0.39, 0.29) is 18.4 Å². The summed E-state index contributed by atoms with van der Waals surface area (Å²) in [6, 6.07) is 12.3. The number of anilines is 2. The highest BCUT2D eigenvalue weighted by molar-refractivity contribution is 6.30. The highest BCUT2D eigenvalue weighted by Crippen LogP contribution is 2.34. The number of nitrogens with one attached hydrogen (secondary N) is 1. The lowest BCUT2D eigenvalue weighted by Crippen LogP contribution is -2.41. The molecule has 2 aromatic rings. The molecule has 0 saturated carbocycles. The Labute approximate surface area is 156 Å². The van der Waals surface area contributed by atoms with Gasteiger partial charge in [-0.25, -0.2) is 0 Å². The number of nitrogens with zero attached hydrogens (tertiary/aromatic N) is 1. The molecule has 0 radical (unpaired) electrons. The van der Waals surface area contributed by atoms with Gasteiger partial charge in [0.2, 0.25) is 5.91 Å². The van der Waals surface area contributed by atoms with Crippen LogP contribution in [0.3, 0.4) is 0 Å². The van der Waals surface area contributed by atoms with Crippen molar-refractivity contribution in [1.29, 1.82) is 0 Å². The minimum absolute atomic E-state index is 0.0192. The Balaban J connectivity index is 1.71. The Morgan fingerprint density at radius 3 is 2.77 bits per heavy atom. The van der Waals surface area contributed by atoms with E-state index >= 15 is 0 Å². The first-order valence-corrected chi connectivity index (χ1v) is 8.70. The van der Waals surface area contributed by atoms with E-state index in [1.54, 1.807) is 54.3 Å². The predicted molar refractivity (Wildman–Crippen MR) is 100 cm³/mol. The van der Waals surface area contributed by atoms with Crippen LogP contribution in [0.2, 0.25) is 5.02 Å². The maximum absolute atomic E-state index is 12.3. The van der Waals surface area contributed by atoms with Gasteiger partial charge in [-0.15, -0.1) is 0 Å². The monoisotopic (exact) mass is 374 g/mol. The zero-order chi connectivity index (χ0) is 18.5. The van der Waals surface area contributed by atoms with Crippen molar-refractivity contribution in [2.24, 2.45) is 0 Å². The van der Waals surface area contributed by atoms with Crippen molar-refractivity contribution in [3.63, 3.8) is 0 Å². The molecule has 1 N–H and O–H groups in total. The van der Waals surface area contributed by atoms with E-state index in [2.05, 4.69) is 5.32 Å². The van der Waals surface area contributed by atoms with E-state index in [0.717, 1.165) is 0 Å². The summed E-state index contributed by atoms with van der Waals surface area (Å²) in [5, 5.41) is 3.42. The Bertz CT molecular complexity index is 808. The second-order valence-corrected chi connectivity index (χ2v) is 6.16. The van der Waals surface area contributed by atoms with Gasteiger partial charge in [-0.3, -0.25) is 9.59 Å². The zero-order valence-electron chi connectivity index (χ0n) is 14.3. The molecule has 6 nitrogen and oxygen atoms in total. The van der Waals surface area contributed by atoms with Gasteiger partial charge in [0.25, 0.3) is 5.91 Å². The van der Waals surface area contributed by atoms with E-state index in [1.165, 1.54) is 0 Å². The lowest BCUT2D eigenvalue weighted by molar-refractivity contribution is -0.121. The van der Waals surface area contributed by atoms with Crippen molar-refractivity contribution >= 4 is 34.8 Å². The van der Waals surface area contributed by atoms with Gasteiger partial charge >= 0.3 is 0 Å². The van der Waals surface area contributed by atoms with Crippen LogP contribution in [0.15, 0.2) is 42.5 Å². The summed E-state index contributed by atoms with van der Waals surface area (Å²) in [7, 11) is 0. The normalized spacial score (nSPS) is 13.0. The minimum atomic E-state index is -0.156. The van der Waals surface area contributed by atoms with Crippen molar-refractivity contribution in [1.82, 2.24) is 0 Å². The maximum Gasteiger partial charge on any atom is 0.265 e. The molecule has 0 unspecified atom stereocenters. The molecule has 7 heteroatoms. The van der Waals surface area contributed by atoms with Gasteiger partial charge < -0.3 is 19.7 Å².